The first-order chi connectivity index (χ1) is 8.04. The smallest absolute Gasteiger partial charge is 0.335 e. The molecule has 1 aromatic rings. The van der Waals surface area contributed by atoms with Gasteiger partial charge in [-0.25, -0.2) is 9.78 Å². The summed E-state index contributed by atoms with van der Waals surface area (Å²) in [5.74, 6) is 0.357. The van der Waals surface area contributed by atoms with Crippen molar-refractivity contribution in [2.75, 3.05) is 5.75 Å². The summed E-state index contributed by atoms with van der Waals surface area (Å²) < 4.78 is 0. The van der Waals surface area contributed by atoms with Crippen molar-refractivity contribution in [2.24, 2.45) is 0 Å². The molecule has 0 spiro atoms. The Morgan fingerprint density at radius 2 is 2.18 bits per heavy atom. The molecule has 4 heteroatoms. The van der Waals surface area contributed by atoms with Gasteiger partial charge in [0.15, 0.2) is 0 Å². The van der Waals surface area contributed by atoms with Gasteiger partial charge in [0, 0.05) is 5.69 Å². The number of carboxylic acids is 1. The van der Waals surface area contributed by atoms with Crippen molar-refractivity contribution >= 4 is 17.7 Å². The Kier molecular flexibility index (Phi) is 5.48. The summed E-state index contributed by atoms with van der Waals surface area (Å²) in [6.45, 7) is 6.18. The summed E-state index contributed by atoms with van der Waals surface area (Å²) in [5.41, 5.74) is 1.19. The van der Waals surface area contributed by atoms with Gasteiger partial charge in [-0.05, 0) is 30.2 Å². The van der Waals surface area contributed by atoms with E-state index in [9.17, 15) is 4.79 Å². The standard InChI is InChI=1S/C13H19NO2S/c1-4-5-6-17-12-8-10(13(15)16)7-11(14-12)9(2)3/h7-9H,4-6H2,1-3H3,(H,15,16). The molecular weight excluding hydrogens is 234 g/mol. The quantitative estimate of drug-likeness (QED) is 0.619. The molecule has 0 amide bonds. The highest BCUT2D eigenvalue weighted by Crippen LogP contribution is 2.22. The lowest BCUT2D eigenvalue weighted by atomic mass is 10.1. The van der Waals surface area contributed by atoms with Crippen LogP contribution in [-0.4, -0.2) is 21.8 Å². The molecule has 0 saturated heterocycles. The van der Waals surface area contributed by atoms with Crippen LogP contribution in [0.5, 0.6) is 0 Å². The van der Waals surface area contributed by atoms with Gasteiger partial charge in [0.25, 0.3) is 0 Å². The fraction of sp³-hybridized carbons (Fsp3) is 0.538. The summed E-state index contributed by atoms with van der Waals surface area (Å²) in [4.78, 5) is 15.5. The van der Waals surface area contributed by atoms with Crippen molar-refractivity contribution in [3.05, 3.63) is 23.4 Å². The fourth-order valence-corrected chi connectivity index (χ4v) is 2.36. The second kappa shape index (κ2) is 6.64. The number of aromatic carboxylic acids is 1. The van der Waals surface area contributed by atoms with E-state index < -0.39 is 5.97 Å². The molecule has 0 aliphatic rings. The lowest BCUT2D eigenvalue weighted by Crippen LogP contribution is -2.02. The van der Waals surface area contributed by atoms with Crippen LogP contribution in [0.1, 0.15) is 55.6 Å². The van der Waals surface area contributed by atoms with Crippen LogP contribution in [-0.2, 0) is 0 Å². The number of thioether (sulfide) groups is 1. The van der Waals surface area contributed by atoms with E-state index in [-0.39, 0.29) is 5.92 Å². The van der Waals surface area contributed by atoms with Gasteiger partial charge in [-0.15, -0.1) is 11.8 Å². The Morgan fingerprint density at radius 3 is 2.71 bits per heavy atom. The Hall–Kier alpha value is -1.03. The van der Waals surface area contributed by atoms with Crippen molar-refractivity contribution in [2.45, 2.75) is 44.6 Å². The molecule has 0 aliphatic heterocycles. The Balaban J connectivity index is 2.91. The number of unbranched alkanes of at least 4 members (excludes halogenated alkanes) is 1. The molecule has 1 rings (SSSR count). The third-order valence-electron chi connectivity index (χ3n) is 2.41. The first kappa shape index (κ1) is 14.0. The topological polar surface area (TPSA) is 50.2 Å². The molecule has 0 fully saturated rings. The minimum atomic E-state index is -0.883. The highest BCUT2D eigenvalue weighted by atomic mass is 32.2. The van der Waals surface area contributed by atoms with Gasteiger partial charge in [-0.1, -0.05) is 27.2 Å². The summed E-state index contributed by atoms with van der Waals surface area (Å²) in [5, 5.41) is 9.87. The van der Waals surface area contributed by atoms with E-state index in [1.807, 2.05) is 13.8 Å². The van der Waals surface area contributed by atoms with Crippen LogP contribution < -0.4 is 0 Å². The third kappa shape index (κ3) is 4.38. The van der Waals surface area contributed by atoms with E-state index in [0.29, 0.717) is 5.56 Å². The molecule has 3 nitrogen and oxygen atoms in total. The molecule has 17 heavy (non-hydrogen) atoms. The largest absolute Gasteiger partial charge is 0.478 e. The number of aromatic nitrogens is 1. The second-order valence-electron chi connectivity index (χ2n) is 4.28. The third-order valence-corrected chi connectivity index (χ3v) is 3.41. The number of hydrogen-bond acceptors (Lipinski definition) is 3. The first-order valence-corrected chi connectivity index (χ1v) is 6.91. The Morgan fingerprint density at radius 1 is 1.47 bits per heavy atom. The zero-order valence-corrected chi connectivity index (χ0v) is 11.4. The highest BCUT2D eigenvalue weighted by Gasteiger charge is 2.10. The minimum Gasteiger partial charge on any atom is -0.478 e. The number of pyridine rings is 1. The number of hydrogen-bond donors (Lipinski definition) is 1. The van der Waals surface area contributed by atoms with Crippen molar-refractivity contribution < 1.29 is 9.90 Å². The average molecular weight is 253 g/mol. The predicted octanol–water partition coefficient (Wildman–Crippen LogP) is 3.80. The SMILES string of the molecule is CCCCSc1cc(C(=O)O)cc(C(C)C)n1. The lowest BCUT2D eigenvalue weighted by molar-refractivity contribution is 0.0696. The summed E-state index contributed by atoms with van der Waals surface area (Å²) in [6, 6.07) is 3.32. The van der Waals surface area contributed by atoms with Gasteiger partial charge < -0.3 is 5.11 Å². The van der Waals surface area contributed by atoms with Gasteiger partial charge in [0.1, 0.15) is 0 Å². The fourth-order valence-electron chi connectivity index (χ4n) is 1.34. The van der Waals surface area contributed by atoms with E-state index in [4.69, 9.17) is 5.11 Å². The molecular formula is C13H19NO2S. The van der Waals surface area contributed by atoms with Gasteiger partial charge in [-0.3, -0.25) is 0 Å². The van der Waals surface area contributed by atoms with Gasteiger partial charge in [-0.2, -0.15) is 0 Å². The molecule has 1 N–H and O–H groups in total. The van der Waals surface area contributed by atoms with E-state index >= 15 is 0 Å². The monoisotopic (exact) mass is 253 g/mol. The molecule has 0 atom stereocenters. The highest BCUT2D eigenvalue weighted by molar-refractivity contribution is 7.99. The minimum absolute atomic E-state index is 0.250. The molecule has 0 saturated carbocycles. The van der Waals surface area contributed by atoms with Crippen molar-refractivity contribution in [1.82, 2.24) is 4.98 Å². The van der Waals surface area contributed by atoms with E-state index in [0.717, 1.165) is 29.3 Å². The van der Waals surface area contributed by atoms with Crippen molar-refractivity contribution in [1.29, 1.82) is 0 Å². The number of carbonyl (C=O) groups is 1. The van der Waals surface area contributed by atoms with Crippen LogP contribution in [0.25, 0.3) is 0 Å². The molecule has 0 bridgehead atoms. The number of nitrogens with zero attached hydrogens (tertiary/aromatic N) is 1. The Bertz CT molecular complexity index is 391. The average Bonchev–Trinajstić information content (AvgIpc) is 2.29. The summed E-state index contributed by atoms with van der Waals surface area (Å²) in [6.07, 6.45) is 2.27. The van der Waals surface area contributed by atoms with Gasteiger partial charge >= 0.3 is 5.97 Å². The molecule has 94 valence electrons. The van der Waals surface area contributed by atoms with Crippen LogP contribution >= 0.6 is 11.8 Å². The van der Waals surface area contributed by atoms with Crippen LogP contribution in [0.15, 0.2) is 17.2 Å². The van der Waals surface area contributed by atoms with Crippen LogP contribution in [0.2, 0.25) is 0 Å². The van der Waals surface area contributed by atoms with Gasteiger partial charge in [0.05, 0.1) is 10.6 Å². The molecule has 1 aromatic heterocycles. The van der Waals surface area contributed by atoms with E-state index in [2.05, 4.69) is 11.9 Å². The van der Waals surface area contributed by atoms with Crippen LogP contribution in [0, 0.1) is 0 Å². The van der Waals surface area contributed by atoms with Gasteiger partial charge in [0.2, 0.25) is 0 Å². The number of carboxylic acid groups (broad SMARTS) is 1. The lowest BCUT2D eigenvalue weighted by Gasteiger charge is -2.08. The zero-order chi connectivity index (χ0) is 12.8. The molecule has 1 heterocycles. The van der Waals surface area contributed by atoms with Crippen molar-refractivity contribution in [3.63, 3.8) is 0 Å². The second-order valence-corrected chi connectivity index (χ2v) is 5.40. The van der Waals surface area contributed by atoms with E-state index in [1.165, 1.54) is 0 Å². The molecule has 0 radical (unpaired) electrons. The summed E-state index contributed by atoms with van der Waals surface area (Å²) >= 11 is 1.63. The zero-order valence-electron chi connectivity index (χ0n) is 10.6. The Labute approximate surface area is 107 Å². The maximum Gasteiger partial charge on any atom is 0.335 e. The van der Waals surface area contributed by atoms with Crippen LogP contribution in [0.4, 0.5) is 0 Å². The number of rotatable bonds is 6. The maximum atomic E-state index is 11.0. The molecule has 0 aliphatic carbocycles. The maximum absolute atomic E-state index is 11.0. The predicted molar refractivity (Wildman–Crippen MR) is 70.9 cm³/mol. The normalized spacial score (nSPS) is 10.8. The van der Waals surface area contributed by atoms with E-state index in [1.54, 1.807) is 23.9 Å². The first-order valence-electron chi connectivity index (χ1n) is 5.92. The molecule has 0 aromatic carbocycles. The van der Waals surface area contributed by atoms with Crippen molar-refractivity contribution in [3.8, 4) is 0 Å². The molecule has 0 unspecified atom stereocenters. The summed E-state index contributed by atoms with van der Waals surface area (Å²) in [7, 11) is 0. The van der Waals surface area contributed by atoms with Crippen LogP contribution in [0.3, 0.4) is 0 Å².